The summed E-state index contributed by atoms with van der Waals surface area (Å²) in [5.74, 6) is 1.62. The molecule has 4 fully saturated rings. The van der Waals surface area contributed by atoms with Crippen molar-refractivity contribution < 1.29 is 9.47 Å². The minimum atomic E-state index is 0. The van der Waals surface area contributed by atoms with Gasteiger partial charge in [-0.3, -0.25) is 4.99 Å². The fourth-order valence-corrected chi connectivity index (χ4v) is 4.81. The van der Waals surface area contributed by atoms with Gasteiger partial charge in [0.1, 0.15) is 0 Å². The average Bonchev–Trinajstić information content (AvgIpc) is 3.08. The lowest BCUT2D eigenvalue weighted by Crippen LogP contribution is -2.72. The Balaban J connectivity index is 0.00000144. The number of fused-ring (bicyclic) bond motifs is 2. The molecule has 22 heavy (non-hydrogen) atoms. The van der Waals surface area contributed by atoms with Crippen LogP contribution in [0.5, 0.6) is 0 Å². The predicted octanol–water partition coefficient (Wildman–Crippen LogP) is 1.91. The first-order chi connectivity index (χ1) is 10.3. The van der Waals surface area contributed by atoms with Gasteiger partial charge in [0.15, 0.2) is 5.96 Å². The molecule has 5 nitrogen and oxygen atoms in total. The van der Waals surface area contributed by atoms with Crippen molar-refractivity contribution in [2.75, 3.05) is 26.8 Å². The van der Waals surface area contributed by atoms with Crippen molar-refractivity contribution in [3.63, 3.8) is 0 Å². The first-order valence-electron chi connectivity index (χ1n) is 8.54. The van der Waals surface area contributed by atoms with Crippen molar-refractivity contribution in [2.45, 2.75) is 56.8 Å². The second-order valence-electron chi connectivity index (χ2n) is 7.04. The molecule has 0 aromatic carbocycles. The summed E-state index contributed by atoms with van der Waals surface area (Å²) in [5.41, 5.74) is 0.405. The summed E-state index contributed by atoms with van der Waals surface area (Å²) < 4.78 is 11.6. The normalized spacial score (nSPS) is 38.7. The minimum Gasteiger partial charge on any atom is -0.377 e. The Hall–Kier alpha value is -0.0800. The molecule has 0 aromatic heterocycles. The monoisotopic (exact) mass is 421 g/mol. The van der Waals surface area contributed by atoms with E-state index in [1.807, 2.05) is 7.05 Å². The van der Waals surface area contributed by atoms with Gasteiger partial charge >= 0.3 is 0 Å². The van der Waals surface area contributed by atoms with Gasteiger partial charge in [-0.25, -0.2) is 0 Å². The molecule has 4 rings (SSSR count). The number of halogens is 1. The van der Waals surface area contributed by atoms with Crippen molar-refractivity contribution in [3.05, 3.63) is 0 Å². The summed E-state index contributed by atoms with van der Waals surface area (Å²) in [4.78, 5) is 4.41. The van der Waals surface area contributed by atoms with Gasteiger partial charge in [0.2, 0.25) is 0 Å². The van der Waals surface area contributed by atoms with Crippen LogP contribution >= 0.6 is 24.0 Å². The molecule has 0 aromatic rings. The van der Waals surface area contributed by atoms with Gasteiger partial charge < -0.3 is 20.1 Å². The SMILES string of the molecule is CN=C(NCC1CCCO1)NC1C2CCOC2C12CCC2.I. The lowest BCUT2D eigenvalue weighted by Gasteiger charge is -2.63. The predicted molar refractivity (Wildman–Crippen MR) is 96.8 cm³/mol. The molecule has 6 heteroatoms. The van der Waals surface area contributed by atoms with E-state index in [9.17, 15) is 0 Å². The first kappa shape index (κ1) is 16.8. The largest absolute Gasteiger partial charge is 0.377 e. The molecule has 2 heterocycles. The third kappa shape index (κ3) is 2.65. The third-order valence-corrected chi connectivity index (χ3v) is 6.07. The van der Waals surface area contributed by atoms with E-state index in [4.69, 9.17) is 9.47 Å². The summed E-state index contributed by atoms with van der Waals surface area (Å²) in [7, 11) is 1.86. The zero-order chi connectivity index (χ0) is 14.3. The number of aliphatic imine (C=N–C) groups is 1. The second kappa shape index (κ2) is 6.81. The van der Waals surface area contributed by atoms with E-state index in [0.717, 1.165) is 32.1 Å². The maximum Gasteiger partial charge on any atom is 0.191 e. The van der Waals surface area contributed by atoms with Crippen LogP contribution in [0.1, 0.15) is 38.5 Å². The summed E-state index contributed by atoms with van der Waals surface area (Å²) in [6, 6.07) is 0.550. The summed E-state index contributed by atoms with van der Waals surface area (Å²) in [6.07, 6.45) is 8.40. The maximum atomic E-state index is 5.98. The minimum absolute atomic E-state index is 0. The van der Waals surface area contributed by atoms with Gasteiger partial charge in [-0.1, -0.05) is 6.42 Å². The average molecular weight is 421 g/mol. The van der Waals surface area contributed by atoms with Crippen LogP contribution in [0, 0.1) is 11.3 Å². The van der Waals surface area contributed by atoms with Gasteiger partial charge in [0.05, 0.1) is 12.2 Å². The van der Waals surface area contributed by atoms with Crippen molar-refractivity contribution in [2.24, 2.45) is 16.3 Å². The Labute approximate surface area is 150 Å². The van der Waals surface area contributed by atoms with E-state index >= 15 is 0 Å². The van der Waals surface area contributed by atoms with Crippen LogP contribution in [-0.2, 0) is 9.47 Å². The van der Waals surface area contributed by atoms with Gasteiger partial charge in [-0.2, -0.15) is 0 Å². The van der Waals surface area contributed by atoms with Crippen LogP contribution in [0.2, 0.25) is 0 Å². The molecule has 4 unspecified atom stereocenters. The number of rotatable bonds is 3. The number of hydrogen-bond acceptors (Lipinski definition) is 3. The van der Waals surface area contributed by atoms with Crippen molar-refractivity contribution in [1.29, 1.82) is 0 Å². The van der Waals surface area contributed by atoms with Gasteiger partial charge in [0, 0.05) is 44.2 Å². The van der Waals surface area contributed by atoms with E-state index in [2.05, 4.69) is 15.6 Å². The Morgan fingerprint density at radius 3 is 2.68 bits per heavy atom. The van der Waals surface area contributed by atoms with Crippen LogP contribution in [0.4, 0.5) is 0 Å². The molecule has 2 aliphatic heterocycles. The highest BCUT2D eigenvalue weighted by molar-refractivity contribution is 14.0. The van der Waals surface area contributed by atoms with E-state index in [1.165, 1.54) is 32.1 Å². The van der Waals surface area contributed by atoms with Crippen LogP contribution < -0.4 is 10.6 Å². The Morgan fingerprint density at radius 2 is 2.05 bits per heavy atom. The van der Waals surface area contributed by atoms with Crippen LogP contribution in [-0.4, -0.2) is 51.0 Å². The zero-order valence-electron chi connectivity index (χ0n) is 13.3. The summed E-state index contributed by atoms with van der Waals surface area (Å²) in [5, 5.41) is 7.14. The molecule has 4 aliphatic rings. The number of hydrogen-bond donors (Lipinski definition) is 2. The Kier molecular flexibility index (Phi) is 5.19. The van der Waals surface area contributed by atoms with Crippen molar-refractivity contribution in [3.8, 4) is 0 Å². The number of nitrogens with zero attached hydrogens (tertiary/aromatic N) is 1. The molecule has 0 radical (unpaired) electrons. The molecule has 2 N–H and O–H groups in total. The highest BCUT2D eigenvalue weighted by Crippen LogP contribution is 2.62. The van der Waals surface area contributed by atoms with Crippen LogP contribution in [0.25, 0.3) is 0 Å². The van der Waals surface area contributed by atoms with E-state index in [-0.39, 0.29) is 24.0 Å². The standard InChI is InChI=1S/C16H27N3O2.HI/c1-17-15(18-10-11-4-2-8-20-11)19-13-12-5-9-21-14(12)16(13)6-3-7-16;/h11-14H,2-10H2,1H3,(H2,17,18,19);1H. The molecule has 1 spiro atoms. The molecule has 2 saturated heterocycles. The van der Waals surface area contributed by atoms with Crippen molar-refractivity contribution in [1.82, 2.24) is 10.6 Å². The maximum absolute atomic E-state index is 5.98. The van der Waals surface area contributed by atoms with Gasteiger partial charge in [0.25, 0.3) is 0 Å². The second-order valence-corrected chi connectivity index (χ2v) is 7.04. The fourth-order valence-electron chi connectivity index (χ4n) is 4.81. The van der Waals surface area contributed by atoms with Crippen LogP contribution in [0.3, 0.4) is 0 Å². The molecular formula is C16H28IN3O2. The lowest BCUT2D eigenvalue weighted by atomic mass is 9.46. The smallest absolute Gasteiger partial charge is 0.191 e. The lowest BCUT2D eigenvalue weighted by molar-refractivity contribution is -0.171. The Bertz CT molecular complexity index is 422. The van der Waals surface area contributed by atoms with Crippen molar-refractivity contribution >= 4 is 29.9 Å². The molecule has 0 amide bonds. The molecule has 0 bridgehead atoms. The quantitative estimate of drug-likeness (QED) is 0.416. The molecular weight excluding hydrogens is 393 g/mol. The molecule has 126 valence electrons. The number of ether oxygens (including phenoxy) is 2. The fraction of sp³-hybridized carbons (Fsp3) is 0.938. The molecule has 4 atom stereocenters. The topological polar surface area (TPSA) is 54.9 Å². The third-order valence-electron chi connectivity index (χ3n) is 6.07. The van der Waals surface area contributed by atoms with Gasteiger partial charge in [-0.15, -0.1) is 24.0 Å². The first-order valence-corrected chi connectivity index (χ1v) is 8.54. The molecule has 2 saturated carbocycles. The van der Waals surface area contributed by atoms with E-state index in [0.29, 0.717) is 29.6 Å². The van der Waals surface area contributed by atoms with Gasteiger partial charge in [-0.05, 0) is 32.1 Å². The molecule has 2 aliphatic carbocycles. The number of guanidine groups is 1. The number of nitrogens with one attached hydrogen (secondary N) is 2. The highest BCUT2D eigenvalue weighted by atomic mass is 127. The van der Waals surface area contributed by atoms with Crippen LogP contribution in [0.15, 0.2) is 4.99 Å². The summed E-state index contributed by atoms with van der Waals surface area (Å²) >= 11 is 0. The zero-order valence-corrected chi connectivity index (χ0v) is 15.7. The van der Waals surface area contributed by atoms with E-state index in [1.54, 1.807) is 0 Å². The summed E-state index contributed by atoms with van der Waals surface area (Å²) in [6.45, 7) is 2.71. The Morgan fingerprint density at radius 1 is 1.18 bits per heavy atom. The highest BCUT2D eigenvalue weighted by Gasteiger charge is 2.66. The van der Waals surface area contributed by atoms with E-state index < -0.39 is 0 Å².